The van der Waals surface area contributed by atoms with Crippen molar-refractivity contribution in [3.8, 4) is 0 Å². The molecular weight excluding hydrogens is 333 g/mol. The maximum Gasteiger partial charge on any atom is 0.191 e. The van der Waals surface area contributed by atoms with Gasteiger partial charge in [0.1, 0.15) is 5.82 Å². The van der Waals surface area contributed by atoms with E-state index in [1.807, 2.05) is 32.9 Å². The van der Waals surface area contributed by atoms with E-state index in [9.17, 15) is 4.39 Å². The van der Waals surface area contributed by atoms with Crippen molar-refractivity contribution in [1.82, 2.24) is 10.6 Å². The van der Waals surface area contributed by atoms with Gasteiger partial charge in [-0.3, -0.25) is 4.99 Å². The zero-order valence-corrected chi connectivity index (χ0v) is 16.2. The lowest BCUT2D eigenvalue weighted by Gasteiger charge is -2.24. The van der Waals surface area contributed by atoms with Crippen molar-refractivity contribution < 1.29 is 13.9 Å². The van der Waals surface area contributed by atoms with Gasteiger partial charge in [0.05, 0.1) is 19.3 Å². The van der Waals surface area contributed by atoms with Crippen LogP contribution in [0.15, 0.2) is 29.3 Å². The van der Waals surface area contributed by atoms with E-state index in [1.54, 1.807) is 6.07 Å². The summed E-state index contributed by atoms with van der Waals surface area (Å²) in [5.41, 5.74) is 0.311. The minimum absolute atomic E-state index is 0.182. The van der Waals surface area contributed by atoms with Crippen LogP contribution in [-0.4, -0.2) is 51.5 Å². The van der Waals surface area contributed by atoms with Gasteiger partial charge in [-0.2, -0.15) is 0 Å². The number of aliphatic imine (C=N–C) groups is 1. The third-order valence-electron chi connectivity index (χ3n) is 4.43. The summed E-state index contributed by atoms with van der Waals surface area (Å²) in [5.74, 6) is 0.569. The molecule has 0 spiro atoms. The van der Waals surface area contributed by atoms with Gasteiger partial charge >= 0.3 is 0 Å². The largest absolute Gasteiger partial charge is 0.379 e. The molecular formula is C20H32FN3O2. The van der Waals surface area contributed by atoms with Crippen LogP contribution in [0.3, 0.4) is 0 Å². The van der Waals surface area contributed by atoms with Crippen LogP contribution < -0.4 is 10.6 Å². The zero-order chi connectivity index (χ0) is 18.8. The Kier molecular flexibility index (Phi) is 8.32. The summed E-state index contributed by atoms with van der Waals surface area (Å²) in [6.45, 7) is 10.3. The first kappa shape index (κ1) is 20.6. The lowest BCUT2D eigenvalue weighted by atomic mass is 9.84. The van der Waals surface area contributed by atoms with E-state index >= 15 is 0 Å². The van der Waals surface area contributed by atoms with Crippen LogP contribution in [-0.2, 0) is 14.9 Å². The Hall–Kier alpha value is -1.66. The van der Waals surface area contributed by atoms with Crippen molar-refractivity contribution in [1.29, 1.82) is 0 Å². The Labute approximate surface area is 156 Å². The van der Waals surface area contributed by atoms with Crippen LogP contribution in [0.2, 0.25) is 0 Å². The van der Waals surface area contributed by atoms with E-state index in [0.29, 0.717) is 25.3 Å². The molecule has 1 aliphatic rings. The van der Waals surface area contributed by atoms with E-state index in [4.69, 9.17) is 9.47 Å². The van der Waals surface area contributed by atoms with Gasteiger partial charge in [-0.1, -0.05) is 32.0 Å². The number of ether oxygens (including phenoxy) is 2. The highest BCUT2D eigenvalue weighted by Crippen LogP contribution is 2.25. The summed E-state index contributed by atoms with van der Waals surface area (Å²) in [6, 6.07) is 6.90. The van der Waals surface area contributed by atoms with Gasteiger partial charge in [0.15, 0.2) is 5.96 Å². The molecule has 1 aromatic rings. The number of nitrogens with one attached hydrogen (secondary N) is 2. The second-order valence-electron chi connectivity index (χ2n) is 7.20. The first-order valence-electron chi connectivity index (χ1n) is 9.49. The van der Waals surface area contributed by atoms with Crippen LogP contribution in [0, 0.1) is 5.82 Å². The van der Waals surface area contributed by atoms with Crippen molar-refractivity contribution in [3.63, 3.8) is 0 Å². The van der Waals surface area contributed by atoms with Gasteiger partial charge in [0, 0.05) is 31.7 Å². The van der Waals surface area contributed by atoms with Crippen LogP contribution in [0.4, 0.5) is 4.39 Å². The minimum Gasteiger partial charge on any atom is -0.379 e. The monoisotopic (exact) mass is 365 g/mol. The number of guanidine groups is 1. The number of rotatable bonds is 9. The fraction of sp³-hybridized carbons (Fsp3) is 0.650. The van der Waals surface area contributed by atoms with Gasteiger partial charge in [-0.05, 0) is 31.4 Å². The van der Waals surface area contributed by atoms with Crippen LogP contribution in [0.25, 0.3) is 0 Å². The van der Waals surface area contributed by atoms with Gasteiger partial charge in [-0.25, -0.2) is 4.39 Å². The van der Waals surface area contributed by atoms with Crippen molar-refractivity contribution in [2.75, 3.05) is 39.5 Å². The molecule has 146 valence electrons. The molecule has 2 N–H and O–H groups in total. The molecule has 26 heavy (non-hydrogen) atoms. The van der Waals surface area contributed by atoms with E-state index in [2.05, 4.69) is 15.6 Å². The van der Waals surface area contributed by atoms with Crippen LogP contribution in [0.5, 0.6) is 0 Å². The number of nitrogens with zero attached hydrogens (tertiary/aromatic N) is 1. The van der Waals surface area contributed by atoms with Crippen molar-refractivity contribution >= 4 is 5.96 Å². The normalized spacial score (nSPS) is 18.2. The lowest BCUT2D eigenvalue weighted by molar-refractivity contribution is 0.0420. The van der Waals surface area contributed by atoms with E-state index < -0.39 is 0 Å². The van der Waals surface area contributed by atoms with E-state index in [1.165, 1.54) is 6.07 Å². The summed E-state index contributed by atoms with van der Waals surface area (Å²) < 4.78 is 25.1. The van der Waals surface area contributed by atoms with E-state index in [0.717, 1.165) is 38.5 Å². The van der Waals surface area contributed by atoms with Gasteiger partial charge in [-0.15, -0.1) is 0 Å². The molecule has 6 heteroatoms. The third kappa shape index (κ3) is 6.57. The maximum absolute atomic E-state index is 14.1. The fourth-order valence-electron chi connectivity index (χ4n) is 2.89. The molecule has 0 bridgehead atoms. The topological polar surface area (TPSA) is 54.9 Å². The summed E-state index contributed by atoms with van der Waals surface area (Å²) in [4.78, 5) is 4.64. The van der Waals surface area contributed by atoms with Crippen molar-refractivity contribution in [3.05, 3.63) is 35.6 Å². The molecule has 1 aromatic carbocycles. The molecule has 1 heterocycles. The molecule has 1 saturated heterocycles. The zero-order valence-electron chi connectivity index (χ0n) is 16.2. The molecule has 0 aromatic heterocycles. The van der Waals surface area contributed by atoms with Gasteiger partial charge < -0.3 is 20.1 Å². The summed E-state index contributed by atoms with van der Waals surface area (Å²) >= 11 is 0. The standard InChI is InChI=1S/C20H32FN3O2/c1-4-22-19(23-11-7-12-26-16-10-13-25-14-16)24-15-20(2,3)17-8-5-6-9-18(17)21/h5-6,8-9,16H,4,7,10-15H2,1-3H3,(H2,22,23,24). The highest BCUT2D eigenvalue weighted by Gasteiger charge is 2.23. The number of hydrogen-bond acceptors (Lipinski definition) is 3. The smallest absolute Gasteiger partial charge is 0.191 e. The lowest BCUT2D eigenvalue weighted by Crippen LogP contribution is -2.39. The molecule has 0 saturated carbocycles. The maximum atomic E-state index is 14.1. The molecule has 5 nitrogen and oxygen atoms in total. The molecule has 0 radical (unpaired) electrons. The van der Waals surface area contributed by atoms with Crippen LogP contribution in [0.1, 0.15) is 39.2 Å². The highest BCUT2D eigenvalue weighted by atomic mass is 19.1. The summed E-state index contributed by atoms with van der Waals surface area (Å²) in [5, 5.41) is 6.56. The Morgan fingerprint density at radius 1 is 1.35 bits per heavy atom. The molecule has 0 aliphatic carbocycles. The Morgan fingerprint density at radius 3 is 2.85 bits per heavy atom. The second kappa shape index (κ2) is 10.5. The summed E-state index contributed by atoms with van der Waals surface area (Å²) in [7, 11) is 0. The van der Waals surface area contributed by atoms with Gasteiger partial charge in [0.25, 0.3) is 0 Å². The Bertz CT molecular complexity index is 572. The average Bonchev–Trinajstić information content (AvgIpc) is 3.13. The first-order chi connectivity index (χ1) is 12.5. The first-order valence-corrected chi connectivity index (χ1v) is 9.49. The third-order valence-corrected chi connectivity index (χ3v) is 4.43. The average molecular weight is 365 g/mol. The predicted molar refractivity (Wildman–Crippen MR) is 103 cm³/mol. The SMILES string of the molecule is CCNC(=NCC(C)(C)c1ccccc1F)NCCCOC1CCOC1. The number of benzene rings is 1. The number of hydrogen-bond donors (Lipinski definition) is 2. The molecule has 2 rings (SSSR count). The molecule has 1 unspecified atom stereocenters. The van der Waals surface area contributed by atoms with Crippen LogP contribution >= 0.6 is 0 Å². The Morgan fingerprint density at radius 2 is 2.15 bits per heavy atom. The van der Waals surface area contributed by atoms with E-state index in [-0.39, 0.29) is 17.3 Å². The van der Waals surface area contributed by atoms with Crippen molar-refractivity contribution in [2.45, 2.75) is 45.1 Å². The highest BCUT2D eigenvalue weighted by molar-refractivity contribution is 5.79. The molecule has 1 aliphatic heterocycles. The van der Waals surface area contributed by atoms with Crippen molar-refractivity contribution in [2.24, 2.45) is 4.99 Å². The fourth-order valence-corrected chi connectivity index (χ4v) is 2.89. The summed E-state index contributed by atoms with van der Waals surface area (Å²) in [6.07, 6.45) is 2.14. The quantitative estimate of drug-likeness (QED) is 0.401. The minimum atomic E-state index is -0.376. The second-order valence-corrected chi connectivity index (χ2v) is 7.20. The molecule has 1 atom stereocenters. The number of halogens is 1. The predicted octanol–water partition coefficient (Wildman–Crippen LogP) is 2.85. The Balaban J connectivity index is 1.80. The molecule has 0 amide bonds. The van der Waals surface area contributed by atoms with Gasteiger partial charge in [0.2, 0.25) is 0 Å². The molecule has 1 fully saturated rings.